The lowest BCUT2D eigenvalue weighted by molar-refractivity contribution is -0.384. The van der Waals surface area contributed by atoms with E-state index in [2.05, 4.69) is 14.9 Å². The number of imidazole rings is 1. The van der Waals surface area contributed by atoms with E-state index in [4.69, 9.17) is 5.11 Å². The standard InChI is InChI=1S/C14H18N4O3/c19-7-5-10-2-1-6-17(9-10)14-15-12-4-3-11(18(20)21)8-13(12)16-14/h3-4,8,10,19H,1-2,5-7,9H2,(H,15,16). The van der Waals surface area contributed by atoms with E-state index in [1.807, 2.05) is 0 Å². The van der Waals surface area contributed by atoms with Crippen LogP contribution in [0.5, 0.6) is 0 Å². The fourth-order valence-corrected chi connectivity index (χ4v) is 2.92. The number of fused-ring (bicyclic) bond motifs is 1. The number of rotatable bonds is 4. The third kappa shape index (κ3) is 2.82. The van der Waals surface area contributed by atoms with Crippen LogP contribution >= 0.6 is 0 Å². The lowest BCUT2D eigenvalue weighted by Crippen LogP contribution is -2.36. The predicted molar refractivity (Wildman–Crippen MR) is 79.4 cm³/mol. The number of hydrogen-bond acceptors (Lipinski definition) is 5. The van der Waals surface area contributed by atoms with Crippen LogP contribution in [-0.4, -0.2) is 39.7 Å². The molecule has 112 valence electrons. The summed E-state index contributed by atoms with van der Waals surface area (Å²) in [5, 5.41) is 19.9. The van der Waals surface area contributed by atoms with E-state index >= 15 is 0 Å². The van der Waals surface area contributed by atoms with E-state index in [-0.39, 0.29) is 12.3 Å². The second kappa shape index (κ2) is 5.69. The number of nitrogens with zero attached hydrogens (tertiary/aromatic N) is 3. The van der Waals surface area contributed by atoms with Crippen molar-refractivity contribution in [1.82, 2.24) is 9.97 Å². The molecule has 1 unspecified atom stereocenters. The molecule has 2 aromatic rings. The summed E-state index contributed by atoms with van der Waals surface area (Å²) in [6.07, 6.45) is 3.01. The minimum atomic E-state index is -0.405. The number of nitro groups is 1. The third-order valence-electron chi connectivity index (χ3n) is 4.02. The molecule has 1 aromatic carbocycles. The van der Waals surface area contributed by atoms with Gasteiger partial charge in [0.1, 0.15) is 0 Å². The maximum absolute atomic E-state index is 10.8. The normalized spacial score (nSPS) is 19.1. The number of benzene rings is 1. The van der Waals surface area contributed by atoms with Crippen LogP contribution in [0.2, 0.25) is 0 Å². The molecule has 3 rings (SSSR count). The Bertz CT molecular complexity index is 653. The Balaban J connectivity index is 1.85. The molecular formula is C14H18N4O3. The minimum absolute atomic E-state index is 0.0644. The van der Waals surface area contributed by atoms with Gasteiger partial charge in [0.2, 0.25) is 5.95 Å². The third-order valence-corrected chi connectivity index (χ3v) is 4.02. The van der Waals surface area contributed by atoms with Crippen molar-refractivity contribution in [2.45, 2.75) is 19.3 Å². The van der Waals surface area contributed by atoms with Crippen LogP contribution < -0.4 is 4.90 Å². The van der Waals surface area contributed by atoms with Crippen LogP contribution in [0.15, 0.2) is 18.2 Å². The topological polar surface area (TPSA) is 95.3 Å². The quantitative estimate of drug-likeness (QED) is 0.664. The first-order valence-electron chi connectivity index (χ1n) is 7.17. The number of aliphatic hydroxyl groups excluding tert-OH is 1. The smallest absolute Gasteiger partial charge is 0.271 e. The molecule has 0 amide bonds. The van der Waals surface area contributed by atoms with Crippen LogP contribution in [0, 0.1) is 16.0 Å². The molecule has 7 heteroatoms. The molecule has 0 saturated carbocycles. The maximum Gasteiger partial charge on any atom is 0.271 e. The van der Waals surface area contributed by atoms with E-state index in [9.17, 15) is 10.1 Å². The zero-order valence-corrected chi connectivity index (χ0v) is 11.7. The van der Waals surface area contributed by atoms with Crippen molar-refractivity contribution in [3.05, 3.63) is 28.3 Å². The number of H-pyrrole nitrogens is 1. The highest BCUT2D eigenvalue weighted by Crippen LogP contribution is 2.26. The average Bonchev–Trinajstić information content (AvgIpc) is 2.91. The summed E-state index contributed by atoms with van der Waals surface area (Å²) in [6.45, 7) is 2.00. The Kier molecular flexibility index (Phi) is 3.74. The highest BCUT2D eigenvalue weighted by atomic mass is 16.6. The molecule has 0 spiro atoms. The molecule has 0 radical (unpaired) electrons. The summed E-state index contributed by atoms with van der Waals surface area (Å²) in [5.74, 6) is 1.24. The van der Waals surface area contributed by atoms with Gasteiger partial charge >= 0.3 is 0 Å². The van der Waals surface area contributed by atoms with Crippen molar-refractivity contribution in [2.75, 3.05) is 24.6 Å². The van der Waals surface area contributed by atoms with Crippen molar-refractivity contribution in [3.8, 4) is 0 Å². The number of hydrogen-bond donors (Lipinski definition) is 2. The summed E-state index contributed by atoms with van der Waals surface area (Å²) in [5.41, 5.74) is 1.48. The molecule has 1 aliphatic rings. The van der Waals surface area contributed by atoms with Crippen LogP contribution in [-0.2, 0) is 0 Å². The number of non-ortho nitro benzene ring substituents is 1. The fourth-order valence-electron chi connectivity index (χ4n) is 2.92. The van der Waals surface area contributed by atoms with Crippen LogP contribution in [0.1, 0.15) is 19.3 Å². The first-order chi connectivity index (χ1) is 10.2. The molecule has 1 aliphatic heterocycles. The molecule has 21 heavy (non-hydrogen) atoms. The zero-order chi connectivity index (χ0) is 14.8. The van der Waals surface area contributed by atoms with Gasteiger partial charge in [0.05, 0.1) is 16.0 Å². The Morgan fingerprint density at radius 2 is 2.38 bits per heavy atom. The van der Waals surface area contributed by atoms with E-state index in [0.29, 0.717) is 11.4 Å². The van der Waals surface area contributed by atoms with Crippen molar-refractivity contribution in [2.24, 2.45) is 5.92 Å². The second-order valence-electron chi connectivity index (χ2n) is 5.49. The average molecular weight is 290 g/mol. The Morgan fingerprint density at radius 3 is 3.14 bits per heavy atom. The Labute approximate surface area is 121 Å². The van der Waals surface area contributed by atoms with E-state index in [1.54, 1.807) is 6.07 Å². The summed E-state index contributed by atoms with van der Waals surface area (Å²) in [6, 6.07) is 4.65. The van der Waals surface area contributed by atoms with Gasteiger partial charge in [-0.25, -0.2) is 4.98 Å². The molecule has 1 saturated heterocycles. The Hall–Kier alpha value is -2.15. The monoisotopic (exact) mass is 290 g/mol. The minimum Gasteiger partial charge on any atom is -0.396 e. The number of aromatic nitrogens is 2. The predicted octanol–water partition coefficient (Wildman–Crippen LogP) is 2.07. The van der Waals surface area contributed by atoms with Crippen LogP contribution in [0.25, 0.3) is 11.0 Å². The molecule has 1 atom stereocenters. The highest BCUT2D eigenvalue weighted by molar-refractivity contribution is 5.80. The summed E-state index contributed by atoms with van der Waals surface area (Å²) < 4.78 is 0. The Morgan fingerprint density at radius 1 is 1.52 bits per heavy atom. The van der Waals surface area contributed by atoms with Gasteiger partial charge in [-0.2, -0.15) is 0 Å². The molecular weight excluding hydrogens is 272 g/mol. The molecule has 1 aromatic heterocycles. The van der Waals surface area contributed by atoms with Crippen LogP contribution in [0.3, 0.4) is 0 Å². The van der Waals surface area contributed by atoms with Gasteiger partial charge < -0.3 is 15.0 Å². The van der Waals surface area contributed by atoms with Gasteiger partial charge in [-0.15, -0.1) is 0 Å². The second-order valence-corrected chi connectivity index (χ2v) is 5.49. The van der Waals surface area contributed by atoms with E-state index < -0.39 is 4.92 Å². The fraction of sp³-hybridized carbons (Fsp3) is 0.500. The largest absolute Gasteiger partial charge is 0.396 e. The number of aliphatic hydroxyl groups is 1. The lowest BCUT2D eigenvalue weighted by atomic mass is 9.95. The van der Waals surface area contributed by atoms with E-state index in [0.717, 1.165) is 43.8 Å². The van der Waals surface area contributed by atoms with Gasteiger partial charge in [0.15, 0.2) is 0 Å². The summed E-state index contributed by atoms with van der Waals surface area (Å²) in [7, 11) is 0. The summed E-state index contributed by atoms with van der Waals surface area (Å²) >= 11 is 0. The van der Waals surface area contributed by atoms with Crippen molar-refractivity contribution in [3.63, 3.8) is 0 Å². The number of nitro benzene ring substituents is 1. The first kappa shape index (κ1) is 13.8. The van der Waals surface area contributed by atoms with Crippen LogP contribution in [0.4, 0.5) is 11.6 Å². The van der Waals surface area contributed by atoms with Crippen molar-refractivity contribution < 1.29 is 10.0 Å². The zero-order valence-electron chi connectivity index (χ0n) is 11.7. The van der Waals surface area contributed by atoms with Gasteiger partial charge in [-0.3, -0.25) is 10.1 Å². The van der Waals surface area contributed by atoms with Gasteiger partial charge in [-0.1, -0.05) is 0 Å². The van der Waals surface area contributed by atoms with Gasteiger partial charge in [-0.05, 0) is 31.2 Å². The van der Waals surface area contributed by atoms with E-state index in [1.165, 1.54) is 12.1 Å². The first-order valence-corrected chi connectivity index (χ1v) is 7.17. The summed E-state index contributed by atoms with van der Waals surface area (Å²) in [4.78, 5) is 20.3. The highest BCUT2D eigenvalue weighted by Gasteiger charge is 2.22. The number of aromatic amines is 1. The SMILES string of the molecule is O=[N+]([O-])c1ccc2nc(N3CCCC(CCO)C3)[nH]c2c1. The molecule has 7 nitrogen and oxygen atoms in total. The lowest BCUT2D eigenvalue weighted by Gasteiger charge is -2.32. The van der Waals surface area contributed by atoms with Crippen molar-refractivity contribution in [1.29, 1.82) is 0 Å². The number of anilines is 1. The molecule has 1 fully saturated rings. The van der Waals surface area contributed by atoms with Gasteiger partial charge in [0.25, 0.3) is 5.69 Å². The molecule has 0 bridgehead atoms. The molecule has 2 N–H and O–H groups in total. The van der Waals surface area contributed by atoms with Gasteiger partial charge in [0, 0.05) is 31.8 Å². The molecule has 2 heterocycles. The molecule has 0 aliphatic carbocycles. The number of piperidine rings is 1. The number of nitrogens with one attached hydrogen (secondary N) is 1. The van der Waals surface area contributed by atoms with Crippen molar-refractivity contribution >= 4 is 22.7 Å². The maximum atomic E-state index is 10.8.